The van der Waals surface area contributed by atoms with Crippen molar-refractivity contribution in [2.24, 2.45) is 5.41 Å². The van der Waals surface area contributed by atoms with Gasteiger partial charge in [0.25, 0.3) is 0 Å². The van der Waals surface area contributed by atoms with Crippen molar-refractivity contribution < 1.29 is 0 Å². The van der Waals surface area contributed by atoms with E-state index >= 15 is 0 Å². The van der Waals surface area contributed by atoms with Gasteiger partial charge in [-0.25, -0.2) is 0 Å². The summed E-state index contributed by atoms with van der Waals surface area (Å²) in [6.07, 6.45) is 4.51. The van der Waals surface area contributed by atoms with E-state index in [2.05, 4.69) is 137 Å². The highest BCUT2D eigenvalue weighted by atomic mass is 14.5. The first-order chi connectivity index (χ1) is 19.1. The fraction of sp³-hybridized carbons (Fsp3) is 0.282. The Morgan fingerprint density at radius 1 is 0.487 bits per heavy atom. The Morgan fingerprint density at radius 3 is 1.23 bits per heavy atom. The van der Waals surface area contributed by atoms with Crippen LogP contribution in [0.5, 0.6) is 0 Å². The largest absolute Gasteiger partial charge is 0.0651 e. The van der Waals surface area contributed by atoms with Crippen molar-refractivity contribution in [1.82, 2.24) is 0 Å². The molecule has 0 saturated heterocycles. The van der Waals surface area contributed by atoms with E-state index < -0.39 is 0 Å². The van der Waals surface area contributed by atoms with Gasteiger partial charge in [0.1, 0.15) is 0 Å². The Kier molecular flexibility index (Phi) is 6.90. The van der Waals surface area contributed by atoms with E-state index in [1.54, 1.807) is 11.1 Å². The van der Waals surface area contributed by atoms with Crippen molar-refractivity contribution in [1.29, 1.82) is 0 Å². The summed E-state index contributed by atoms with van der Waals surface area (Å²) < 4.78 is 0. The lowest BCUT2D eigenvalue weighted by atomic mass is 9.61. The highest BCUT2D eigenvalue weighted by molar-refractivity contribution is 6.03. The molecule has 0 aliphatic heterocycles. The summed E-state index contributed by atoms with van der Waals surface area (Å²) >= 11 is 0. The zero-order chi connectivity index (χ0) is 27.0. The molecule has 196 valence electrons. The number of fused-ring (bicyclic) bond motifs is 2. The number of rotatable bonds is 8. The zero-order valence-electron chi connectivity index (χ0n) is 23.9. The van der Waals surface area contributed by atoms with Crippen LogP contribution in [0.3, 0.4) is 0 Å². The quantitative estimate of drug-likeness (QED) is 0.222. The van der Waals surface area contributed by atoms with Crippen molar-refractivity contribution in [2.75, 3.05) is 0 Å². The van der Waals surface area contributed by atoms with E-state index in [9.17, 15) is 0 Å². The highest BCUT2D eigenvalue weighted by Gasteiger charge is 2.49. The summed E-state index contributed by atoms with van der Waals surface area (Å²) in [5.74, 6) is 0.603. The Hall–Kier alpha value is -3.64. The first-order valence-corrected chi connectivity index (χ1v) is 14.8. The van der Waals surface area contributed by atoms with Crippen molar-refractivity contribution in [3.63, 3.8) is 0 Å². The average molecular weight is 509 g/mol. The van der Waals surface area contributed by atoms with Crippen LogP contribution in [0.4, 0.5) is 0 Å². The van der Waals surface area contributed by atoms with Crippen LogP contribution in [0.15, 0.2) is 109 Å². The molecule has 2 unspecified atom stereocenters. The first kappa shape index (κ1) is 25.6. The monoisotopic (exact) mass is 508 g/mol. The SMILES string of the molecule is CCCC1=C(c2ccccc2)C(C(C)(C)C2C(c3ccccc3)=C(CCC)c3ccccc32)c2ccccc21. The Labute approximate surface area is 235 Å². The molecule has 2 aliphatic rings. The fourth-order valence-electron chi connectivity index (χ4n) is 7.66. The highest BCUT2D eigenvalue weighted by Crippen LogP contribution is 2.65. The maximum absolute atomic E-state index is 2.55. The Morgan fingerprint density at radius 2 is 0.846 bits per heavy atom. The van der Waals surface area contributed by atoms with Crippen molar-refractivity contribution in [2.45, 2.75) is 65.2 Å². The molecule has 0 saturated carbocycles. The van der Waals surface area contributed by atoms with Crippen LogP contribution >= 0.6 is 0 Å². The number of allylic oxidation sites excluding steroid dienone is 4. The van der Waals surface area contributed by atoms with Crippen LogP contribution in [0.2, 0.25) is 0 Å². The first-order valence-electron chi connectivity index (χ1n) is 14.8. The van der Waals surface area contributed by atoms with Gasteiger partial charge in [0.05, 0.1) is 0 Å². The van der Waals surface area contributed by atoms with Crippen LogP contribution in [-0.2, 0) is 0 Å². The summed E-state index contributed by atoms with van der Waals surface area (Å²) in [7, 11) is 0. The molecule has 39 heavy (non-hydrogen) atoms. The molecule has 2 aliphatic carbocycles. The molecular weight excluding hydrogens is 468 g/mol. The molecule has 0 N–H and O–H groups in total. The minimum atomic E-state index is -0.0620. The van der Waals surface area contributed by atoms with Crippen LogP contribution in [0.1, 0.15) is 98.6 Å². The van der Waals surface area contributed by atoms with Crippen LogP contribution < -0.4 is 0 Å². The van der Waals surface area contributed by atoms with Gasteiger partial charge in [-0.2, -0.15) is 0 Å². The molecule has 0 heteroatoms. The summed E-state index contributed by atoms with van der Waals surface area (Å²) in [5.41, 5.74) is 14.8. The minimum absolute atomic E-state index is 0.0620. The predicted molar refractivity (Wildman–Crippen MR) is 168 cm³/mol. The van der Waals surface area contributed by atoms with Crippen molar-refractivity contribution in [3.05, 3.63) is 143 Å². The van der Waals surface area contributed by atoms with E-state index in [4.69, 9.17) is 0 Å². The molecule has 0 amide bonds. The van der Waals surface area contributed by atoms with E-state index in [0.29, 0.717) is 11.8 Å². The van der Waals surface area contributed by atoms with Gasteiger partial charge in [-0.15, -0.1) is 0 Å². The van der Waals surface area contributed by atoms with Gasteiger partial charge in [-0.05, 0) is 73.9 Å². The molecule has 4 aromatic carbocycles. The summed E-state index contributed by atoms with van der Waals surface area (Å²) in [4.78, 5) is 0. The van der Waals surface area contributed by atoms with Gasteiger partial charge in [0.2, 0.25) is 0 Å². The topological polar surface area (TPSA) is 0 Å². The number of hydrogen-bond donors (Lipinski definition) is 0. The molecule has 0 radical (unpaired) electrons. The Balaban J connectivity index is 1.63. The summed E-state index contributed by atoms with van der Waals surface area (Å²) in [5, 5.41) is 0. The maximum atomic E-state index is 2.55. The molecule has 0 aromatic heterocycles. The smallest absolute Gasteiger partial charge is 0.0164 e. The second kappa shape index (κ2) is 10.5. The van der Waals surface area contributed by atoms with Gasteiger partial charge in [-0.1, -0.05) is 150 Å². The lowest BCUT2D eigenvalue weighted by Crippen LogP contribution is -2.30. The second-order valence-electron chi connectivity index (χ2n) is 11.9. The molecule has 6 rings (SSSR count). The summed E-state index contributed by atoms with van der Waals surface area (Å²) in [6.45, 7) is 9.73. The fourth-order valence-corrected chi connectivity index (χ4v) is 7.66. The van der Waals surface area contributed by atoms with Gasteiger partial charge < -0.3 is 0 Å². The van der Waals surface area contributed by atoms with Crippen LogP contribution in [0, 0.1) is 5.41 Å². The molecular formula is C39H40. The third-order valence-electron chi connectivity index (χ3n) is 9.08. The van der Waals surface area contributed by atoms with Gasteiger partial charge in [-0.3, -0.25) is 0 Å². The van der Waals surface area contributed by atoms with E-state index in [1.165, 1.54) is 44.5 Å². The lowest BCUT2D eigenvalue weighted by Gasteiger charge is -2.42. The van der Waals surface area contributed by atoms with Gasteiger partial charge in [0.15, 0.2) is 0 Å². The van der Waals surface area contributed by atoms with Crippen LogP contribution in [0.25, 0.3) is 22.3 Å². The zero-order valence-corrected chi connectivity index (χ0v) is 23.9. The second-order valence-corrected chi connectivity index (χ2v) is 11.9. The Bertz CT molecular complexity index is 1410. The van der Waals surface area contributed by atoms with Gasteiger partial charge in [0, 0.05) is 11.8 Å². The third-order valence-corrected chi connectivity index (χ3v) is 9.08. The molecule has 0 heterocycles. The molecule has 0 spiro atoms. The summed E-state index contributed by atoms with van der Waals surface area (Å²) in [6, 6.07) is 41.0. The van der Waals surface area contributed by atoms with E-state index in [1.807, 2.05) is 0 Å². The minimum Gasteiger partial charge on any atom is -0.0651 e. The number of hydrogen-bond acceptors (Lipinski definition) is 0. The molecule has 0 nitrogen and oxygen atoms in total. The molecule has 0 bridgehead atoms. The van der Waals surface area contributed by atoms with E-state index in [0.717, 1.165) is 25.7 Å². The molecule has 0 fully saturated rings. The third kappa shape index (κ3) is 4.22. The van der Waals surface area contributed by atoms with Gasteiger partial charge >= 0.3 is 0 Å². The van der Waals surface area contributed by atoms with E-state index in [-0.39, 0.29) is 5.41 Å². The molecule has 4 aromatic rings. The lowest BCUT2D eigenvalue weighted by molar-refractivity contribution is 0.304. The van der Waals surface area contributed by atoms with Crippen molar-refractivity contribution >= 4 is 22.3 Å². The maximum Gasteiger partial charge on any atom is 0.0164 e. The molecule has 2 atom stereocenters. The van der Waals surface area contributed by atoms with Crippen LogP contribution in [-0.4, -0.2) is 0 Å². The number of benzene rings is 4. The average Bonchev–Trinajstić information content (AvgIpc) is 3.49. The standard InChI is InChI=1S/C39H40/c1-5-17-31-29-23-13-15-25-33(29)37(35(31)27-19-9-7-10-20-27)39(3,4)38-34-26-16-14-24-30(34)32(18-6-2)36(38)28-21-11-8-12-22-28/h7-16,19-26,37-38H,5-6,17-18H2,1-4H3. The predicted octanol–water partition coefficient (Wildman–Crippen LogP) is 11.0. The van der Waals surface area contributed by atoms with Crippen molar-refractivity contribution in [3.8, 4) is 0 Å². The normalized spacial score (nSPS) is 18.5.